The number of unbranched alkanes of at least 4 members (excludes halogenated alkanes) is 1. The van der Waals surface area contributed by atoms with Crippen LogP contribution in [0.5, 0.6) is 0 Å². The highest BCUT2D eigenvalue weighted by Gasteiger charge is 2.28. The average Bonchev–Trinajstić information content (AvgIpc) is 2.85. The zero-order valence-electron chi connectivity index (χ0n) is 18.2. The maximum absolute atomic E-state index is 12.8. The highest BCUT2D eigenvalue weighted by molar-refractivity contribution is 5.91. The summed E-state index contributed by atoms with van der Waals surface area (Å²) in [5, 5.41) is 11.8. The van der Waals surface area contributed by atoms with Gasteiger partial charge in [0, 0.05) is 25.5 Å². The number of hydrogen-bond donors (Lipinski definition) is 2. The van der Waals surface area contributed by atoms with Crippen molar-refractivity contribution >= 4 is 11.9 Å². The molecule has 32 heavy (non-hydrogen) atoms. The van der Waals surface area contributed by atoms with Gasteiger partial charge in [-0.2, -0.15) is 0 Å². The lowest BCUT2D eigenvalue weighted by molar-refractivity contribution is -0.146. The Labute approximate surface area is 188 Å². The van der Waals surface area contributed by atoms with Crippen LogP contribution in [0.4, 0.5) is 0 Å². The van der Waals surface area contributed by atoms with E-state index in [-0.39, 0.29) is 24.2 Å². The van der Waals surface area contributed by atoms with Gasteiger partial charge in [-0.15, -0.1) is 0 Å². The minimum atomic E-state index is -0.582. The minimum absolute atomic E-state index is 0.108. The number of methoxy groups -OCH3 is 1. The fraction of sp³-hybridized carbons (Fsp3) is 0.360. The van der Waals surface area contributed by atoms with Gasteiger partial charge in [0.25, 0.3) is 5.91 Å². The van der Waals surface area contributed by atoms with Gasteiger partial charge in [0.15, 0.2) is 5.76 Å². The second-order valence-electron chi connectivity index (χ2n) is 7.50. The predicted molar refractivity (Wildman–Crippen MR) is 119 cm³/mol. The Morgan fingerprint density at radius 3 is 2.53 bits per heavy atom. The Bertz CT molecular complexity index is 910. The Morgan fingerprint density at radius 2 is 1.84 bits per heavy atom. The second kappa shape index (κ2) is 12.0. The standard InChI is InChI=1S/C25H29NO6/c1-30-25(29)20-11-9-19(10-12-20)21-15-22(32-23(16-21)31-14-6-5-13-27)24(28)26-17-18-7-3-2-4-8-18/h2-4,7-12,15,21,23,27H,5-6,13-14,16-17H2,1H3,(H,26,28)/t21-,23+/m0/s1. The highest BCUT2D eigenvalue weighted by atomic mass is 16.7. The Morgan fingerprint density at radius 1 is 1.09 bits per heavy atom. The van der Waals surface area contributed by atoms with Crippen LogP contribution in [0.3, 0.4) is 0 Å². The smallest absolute Gasteiger partial charge is 0.337 e. The van der Waals surface area contributed by atoms with E-state index in [1.807, 2.05) is 42.5 Å². The van der Waals surface area contributed by atoms with Crippen molar-refractivity contribution in [2.24, 2.45) is 0 Å². The second-order valence-corrected chi connectivity index (χ2v) is 7.50. The molecular formula is C25H29NO6. The van der Waals surface area contributed by atoms with Crippen LogP contribution in [0.2, 0.25) is 0 Å². The number of carbonyl (C=O) groups excluding carboxylic acids is 2. The van der Waals surface area contributed by atoms with Crippen molar-refractivity contribution in [2.75, 3.05) is 20.3 Å². The molecule has 1 aliphatic heterocycles. The maximum Gasteiger partial charge on any atom is 0.337 e. The van der Waals surface area contributed by atoms with Gasteiger partial charge < -0.3 is 24.6 Å². The van der Waals surface area contributed by atoms with E-state index in [2.05, 4.69) is 5.32 Å². The van der Waals surface area contributed by atoms with Gasteiger partial charge in [-0.05, 0) is 42.2 Å². The lowest BCUT2D eigenvalue weighted by Crippen LogP contribution is -2.32. The molecule has 0 radical (unpaired) electrons. The molecule has 2 N–H and O–H groups in total. The van der Waals surface area contributed by atoms with Gasteiger partial charge in [0.2, 0.25) is 6.29 Å². The van der Waals surface area contributed by atoms with Crippen LogP contribution in [0, 0.1) is 0 Å². The van der Waals surface area contributed by atoms with Gasteiger partial charge in [0.05, 0.1) is 19.3 Å². The van der Waals surface area contributed by atoms with Gasteiger partial charge in [-0.25, -0.2) is 4.79 Å². The molecule has 0 saturated heterocycles. The summed E-state index contributed by atoms with van der Waals surface area (Å²) in [4.78, 5) is 24.5. The van der Waals surface area contributed by atoms with Crippen molar-refractivity contribution < 1.29 is 28.9 Å². The number of aliphatic hydroxyl groups is 1. The van der Waals surface area contributed by atoms with Gasteiger partial charge in [-0.1, -0.05) is 42.5 Å². The van der Waals surface area contributed by atoms with Gasteiger partial charge in [0.1, 0.15) is 0 Å². The Kier molecular flexibility index (Phi) is 8.83. The first kappa shape index (κ1) is 23.5. The van der Waals surface area contributed by atoms with E-state index in [9.17, 15) is 9.59 Å². The minimum Gasteiger partial charge on any atom is -0.465 e. The number of carbonyl (C=O) groups is 2. The van der Waals surface area contributed by atoms with Crippen molar-refractivity contribution in [2.45, 2.75) is 38.0 Å². The van der Waals surface area contributed by atoms with E-state index in [0.717, 1.165) is 11.1 Å². The average molecular weight is 440 g/mol. The van der Waals surface area contributed by atoms with E-state index in [1.54, 1.807) is 18.2 Å². The van der Waals surface area contributed by atoms with E-state index >= 15 is 0 Å². The summed E-state index contributed by atoms with van der Waals surface area (Å²) < 4.78 is 16.4. The largest absolute Gasteiger partial charge is 0.465 e. The zero-order valence-corrected chi connectivity index (χ0v) is 18.2. The van der Waals surface area contributed by atoms with Crippen molar-refractivity contribution in [3.63, 3.8) is 0 Å². The molecule has 0 aliphatic carbocycles. The zero-order chi connectivity index (χ0) is 22.8. The summed E-state index contributed by atoms with van der Waals surface area (Å²) >= 11 is 0. The van der Waals surface area contributed by atoms with Crippen LogP contribution < -0.4 is 5.32 Å². The SMILES string of the molecule is COC(=O)c1ccc([C@H]2C=C(C(=O)NCc3ccccc3)O[C@@H](OCCCCO)C2)cc1. The molecule has 0 spiro atoms. The molecule has 2 atom stereocenters. The summed E-state index contributed by atoms with van der Waals surface area (Å²) in [6.45, 7) is 0.927. The predicted octanol–water partition coefficient (Wildman–Crippen LogP) is 3.29. The van der Waals surface area contributed by atoms with Crippen molar-refractivity contribution in [3.8, 4) is 0 Å². The monoisotopic (exact) mass is 439 g/mol. The number of allylic oxidation sites excluding steroid dienone is 1. The third kappa shape index (κ3) is 6.67. The van der Waals surface area contributed by atoms with Crippen LogP contribution in [-0.4, -0.2) is 43.6 Å². The summed E-state index contributed by atoms with van der Waals surface area (Å²) in [7, 11) is 1.34. The quantitative estimate of drug-likeness (QED) is 0.436. The van der Waals surface area contributed by atoms with Crippen molar-refractivity contribution in [3.05, 3.63) is 83.1 Å². The number of aliphatic hydroxyl groups excluding tert-OH is 1. The summed E-state index contributed by atoms with van der Waals surface area (Å²) in [6.07, 6.45) is 3.09. The number of hydrogen-bond acceptors (Lipinski definition) is 6. The number of amides is 1. The highest BCUT2D eigenvalue weighted by Crippen LogP contribution is 2.32. The number of nitrogens with one attached hydrogen (secondary N) is 1. The molecule has 0 aromatic heterocycles. The number of ether oxygens (including phenoxy) is 3. The fourth-order valence-corrected chi connectivity index (χ4v) is 3.43. The molecule has 0 unspecified atom stereocenters. The molecule has 0 bridgehead atoms. The van der Waals surface area contributed by atoms with Crippen LogP contribution >= 0.6 is 0 Å². The molecule has 0 saturated carbocycles. The molecule has 2 aromatic carbocycles. The number of benzene rings is 2. The lowest BCUT2D eigenvalue weighted by atomic mass is 9.92. The normalized spacial score (nSPS) is 17.8. The molecule has 170 valence electrons. The van der Waals surface area contributed by atoms with E-state index in [0.29, 0.717) is 38.0 Å². The van der Waals surface area contributed by atoms with Gasteiger partial charge in [-0.3, -0.25) is 4.79 Å². The Hall–Kier alpha value is -3.16. The van der Waals surface area contributed by atoms with E-state index in [1.165, 1.54) is 7.11 Å². The molecule has 1 amide bonds. The topological polar surface area (TPSA) is 94.1 Å². The number of rotatable bonds is 10. The summed E-state index contributed by atoms with van der Waals surface area (Å²) in [5.41, 5.74) is 2.40. The first-order valence-corrected chi connectivity index (χ1v) is 10.7. The number of esters is 1. The molecule has 7 heteroatoms. The van der Waals surface area contributed by atoms with Crippen LogP contribution in [0.1, 0.15) is 46.7 Å². The fourth-order valence-electron chi connectivity index (χ4n) is 3.43. The first-order chi connectivity index (χ1) is 15.6. The molecule has 1 heterocycles. The summed E-state index contributed by atoms with van der Waals surface area (Å²) in [5.74, 6) is -0.615. The summed E-state index contributed by atoms with van der Waals surface area (Å²) in [6, 6.07) is 16.7. The maximum atomic E-state index is 12.8. The molecule has 2 aromatic rings. The van der Waals surface area contributed by atoms with E-state index < -0.39 is 12.3 Å². The van der Waals surface area contributed by atoms with E-state index in [4.69, 9.17) is 19.3 Å². The van der Waals surface area contributed by atoms with Crippen LogP contribution in [0.15, 0.2) is 66.4 Å². The molecule has 7 nitrogen and oxygen atoms in total. The third-order valence-corrected chi connectivity index (χ3v) is 5.19. The molecular weight excluding hydrogens is 410 g/mol. The lowest BCUT2D eigenvalue weighted by Gasteiger charge is -2.29. The Balaban J connectivity index is 1.72. The third-order valence-electron chi connectivity index (χ3n) is 5.19. The van der Waals surface area contributed by atoms with Gasteiger partial charge >= 0.3 is 5.97 Å². The van der Waals surface area contributed by atoms with Crippen LogP contribution in [0.25, 0.3) is 0 Å². The van der Waals surface area contributed by atoms with Crippen molar-refractivity contribution in [1.82, 2.24) is 5.32 Å². The first-order valence-electron chi connectivity index (χ1n) is 10.7. The molecule has 1 aliphatic rings. The van der Waals surface area contributed by atoms with Crippen LogP contribution in [-0.2, 0) is 25.5 Å². The van der Waals surface area contributed by atoms with Crippen molar-refractivity contribution in [1.29, 1.82) is 0 Å². The molecule has 3 rings (SSSR count). The molecule has 0 fully saturated rings.